The predicted octanol–water partition coefficient (Wildman–Crippen LogP) is 3.52. The second kappa shape index (κ2) is 10.1. The maximum absolute atomic E-state index is 13.9. The number of hydrogen-bond donors (Lipinski definition) is 1. The molecular weight excluding hydrogens is 397 g/mol. The molecule has 0 aromatic heterocycles. The van der Waals surface area contributed by atoms with E-state index in [-0.39, 0.29) is 29.3 Å². The van der Waals surface area contributed by atoms with E-state index in [0.717, 1.165) is 0 Å². The number of amides is 2. The van der Waals surface area contributed by atoms with Gasteiger partial charge in [0.25, 0.3) is 11.8 Å². The molecule has 1 aliphatic heterocycles. The van der Waals surface area contributed by atoms with E-state index in [9.17, 15) is 19.2 Å². The fourth-order valence-corrected chi connectivity index (χ4v) is 3.61. The first-order valence-corrected chi connectivity index (χ1v) is 10.4. The van der Waals surface area contributed by atoms with Crippen molar-refractivity contribution in [2.75, 3.05) is 13.1 Å². The number of nitrogens with zero attached hydrogens (tertiary/aromatic N) is 2. The summed E-state index contributed by atoms with van der Waals surface area (Å²) in [5.74, 6) is -0.836. The second-order valence-electron chi connectivity index (χ2n) is 7.95. The SMILES string of the molecule is CC(C)C(Oc1ccccc1C#N)C(=O)NC1CCN(C(=O)c2ccccc2F)CC1. The van der Waals surface area contributed by atoms with Crippen LogP contribution >= 0.6 is 0 Å². The van der Waals surface area contributed by atoms with Crippen molar-refractivity contribution in [3.05, 3.63) is 65.5 Å². The van der Waals surface area contributed by atoms with Crippen LogP contribution in [0.5, 0.6) is 5.75 Å². The lowest BCUT2D eigenvalue weighted by atomic mass is 10.0. The van der Waals surface area contributed by atoms with Crippen molar-refractivity contribution in [2.45, 2.75) is 38.8 Å². The number of rotatable bonds is 6. The summed E-state index contributed by atoms with van der Waals surface area (Å²) >= 11 is 0. The standard InChI is InChI=1S/C24H26FN3O3/c1-16(2)22(31-21-10-6-3-7-17(21)15-26)23(29)27-18-11-13-28(14-12-18)24(30)19-8-4-5-9-20(19)25/h3-10,16,18,22H,11-14H2,1-2H3,(H,27,29). The summed E-state index contributed by atoms with van der Waals surface area (Å²) in [6, 6.07) is 14.7. The van der Waals surface area contributed by atoms with E-state index in [0.29, 0.717) is 37.2 Å². The van der Waals surface area contributed by atoms with E-state index in [2.05, 4.69) is 11.4 Å². The van der Waals surface area contributed by atoms with Crippen LogP contribution in [-0.2, 0) is 4.79 Å². The highest BCUT2D eigenvalue weighted by atomic mass is 19.1. The largest absolute Gasteiger partial charge is 0.479 e. The minimum Gasteiger partial charge on any atom is -0.479 e. The number of carbonyl (C=O) groups is 2. The number of benzene rings is 2. The third kappa shape index (κ3) is 5.40. The Morgan fingerprint density at radius 2 is 1.77 bits per heavy atom. The minimum absolute atomic E-state index is 0.0643. The number of nitrogens with one attached hydrogen (secondary N) is 1. The summed E-state index contributed by atoms with van der Waals surface area (Å²) in [6.45, 7) is 4.63. The fourth-order valence-electron chi connectivity index (χ4n) is 3.61. The molecule has 162 valence electrons. The molecule has 31 heavy (non-hydrogen) atoms. The third-order valence-electron chi connectivity index (χ3n) is 5.36. The molecule has 3 rings (SSSR count). The first-order chi connectivity index (χ1) is 14.9. The third-order valence-corrected chi connectivity index (χ3v) is 5.36. The monoisotopic (exact) mass is 423 g/mol. The molecular formula is C24H26FN3O3. The van der Waals surface area contributed by atoms with E-state index in [1.807, 2.05) is 13.8 Å². The van der Waals surface area contributed by atoms with Crippen LogP contribution < -0.4 is 10.1 Å². The lowest BCUT2D eigenvalue weighted by Gasteiger charge is -2.33. The number of nitriles is 1. The molecule has 1 atom stereocenters. The predicted molar refractivity (Wildman–Crippen MR) is 114 cm³/mol. The summed E-state index contributed by atoms with van der Waals surface area (Å²) in [5.41, 5.74) is 0.440. The average molecular weight is 423 g/mol. The topological polar surface area (TPSA) is 82.4 Å². The maximum Gasteiger partial charge on any atom is 0.261 e. The number of para-hydroxylation sites is 1. The Labute approximate surface area is 181 Å². The van der Waals surface area contributed by atoms with Crippen molar-refractivity contribution in [1.29, 1.82) is 5.26 Å². The summed E-state index contributed by atoms with van der Waals surface area (Å²) in [4.78, 5) is 27.1. The smallest absolute Gasteiger partial charge is 0.261 e. The van der Waals surface area contributed by atoms with Gasteiger partial charge in [-0.05, 0) is 43.0 Å². The highest BCUT2D eigenvalue weighted by Crippen LogP contribution is 2.22. The van der Waals surface area contributed by atoms with Crippen LogP contribution in [0, 0.1) is 23.1 Å². The molecule has 7 heteroatoms. The van der Waals surface area contributed by atoms with Gasteiger partial charge in [-0.3, -0.25) is 9.59 Å². The van der Waals surface area contributed by atoms with Crippen molar-refractivity contribution in [3.8, 4) is 11.8 Å². The van der Waals surface area contributed by atoms with E-state index in [4.69, 9.17) is 4.74 Å². The lowest BCUT2D eigenvalue weighted by molar-refractivity contribution is -0.130. The van der Waals surface area contributed by atoms with Gasteiger partial charge in [-0.1, -0.05) is 38.1 Å². The van der Waals surface area contributed by atoms with Crippen molar-refractivity contribution < 1.29 is 18.7 Å². The Kier molecular flexibility index (Phi) is 7.24. The van der Waals surface area contributed by atoms with Gasteiger partial charge in [-0.15, -0.1) is 0 Å². The molecule has 1 fully saturated rings. The lowest BCUT2D eigenvalue weighted by Crippen LogP contribution is -2.51. The number of hydrogen-bond acceptors (Lipinski definition) is 4. The zero-order valence-corrected chi connectivity index (χ0v) is 17.7. The van der Waals surface area contributed by atoms with Gasteiger partial charge >= 0.3 is 0 Å². The van der Waals surface area contributed by atoms with Crippen molar-refractivity contribution in [1.82, 2.24) is 10.2 Å². The fraction of sp³-hybridized carbons (Fsp3) is 0.375. The molecule has 0 radical (unpaired) electrons. The molecule has 1 heterocycles. The van der Waals surface area contributed by atoms with Crippen LogP contribution in [-0.4, -0.2) is 41.9 Å². The second-order valence-corrected chi connectivity index (χ2v) is 7.95. The van der Waals surface area contributed by atoms with E-state index in [1.165, 1.54) is 12.1 Å². The molecule has 1 unspecified atom stereocenters. The zero-order valence-electron chi connectivity index (χ0n) is 17.7. The van der Waals surface area contributed by atoms with Crippen LogP contribution in [0.15, 0.2) is 48.5 Å². The Bertz CT molecular complexity index is 978. The molecule has 1 saturated heterocycles. The summed E-state index contributed by atoms with van der Waals surface area (Å²) in [5, 5.41) is 12.3. The minimum atomic E-state index is -0.743. The van der Waals surface area contributed by atoms with Gasteiger partial charge in [0.2, 0.25) is 0 Å². The van der Waals surface area contributed by atoms with E-state index < -0.39 is 11.9 Å². The van der Waals surface area contributed by atoms with E-state index in [1.54, 1.807) is 41.3 Å². The molecule has 2 aromatic carbocycles. The Hall–Kier alpha value is -3.40. The van der Waals surface area contributed by atoms with Crippen LogP contribution in [0.2, 0.25) is 0 Å². The molecule has 1 N–H and O–H groups in total. The van der Waals surface area contributed by atoms with E-state index >= 15 is 0 Å². The summed E-state index contributed by atoms with van der Waals surface area (Å²) < 4.78 is 19.8. The number of piperidine rings is 1. The summed E-state index contributed by atoms with van der Waals surface area (Å²) in [6.07, 6.45) is 0.407. The van der Waals surface area contributed by atoms with Crippen LogP contribution in [0.3, 0.4) is 0 Å². The van der Waals surface area contributed by atoms with Crippen LogP contribution in [0.1, 0.15) is 42.6 Å². The zero-order chi connectivity index (χ0) is 22.4. The molecule has 2 aromatic rings. The van der Waals surface area contributed by atoms with Crippen molar-refractivity contribution in [3.63, 3.8) is 0 Å². The van der Waals surface area contributed by atoms with Crippen molar-refractivity contribution in [2.24, 2.45) is 5.92 Å². The summed E-state index contributed by atoms with van der Waals surface area (Å²) in [7, 11) is 0. The van der Waals surface area contributed by atoms with Gasteiger partial charge < -0.3 is 15.0 Å². The highest BCUT2D eigenvalue weighted by molar-refractivity contribution is 5.94. The first kappa shape index (κ1) is 22.3. The van der Waals surface area contributed by atoms with Gasteiger partial charge in [-0.25, -0.2) is 4.39 Å². The molecule has 2 amide bonds. The Balaban J connectivity index is 1.58. The molecule has 0 saturated carbocycles. The van der Waals surface area contributed by atoms with Crippen molar-refractivity contribution >= 4 is 11.8 Å². The number of carbonyl (C=O) groups excluding carboxylic acids is 2. The van der Waals surface area contributed by atoms with Crippen LogP contribution in [0.25, 0.3) is 0 Å². The van der Waals surface area contributed by atoms with Gasteiger partial charge in [0.1, 0.15) is 17.6 Å². The molecule has 1 aliphatic rings. The Morgan fingerprint density at radius 1 is 1.13 bits per heavy atom. The molecule has 0 spiro atoms. The average Bonchev–Trinajstić information content (AvgIpc) is 2.77. The van der Waals surface area contributed by atoms with Gasteiger partial charge in [0, 0.05) is 19.1 Å². The van der Waals surface area contributed by atoms with Gasteiger partial charge in [0.15, 0.2) is 6.10 Å². The Morgan fingerprint density at radius 3 is 2.42 bits per heavy atom. The quantitative estimate of drug-likeness (QED) is 0.771. The normalized spacial score (nSPS) is 15.3. The molecule has 0 bridgehead atoms. The van der Waals surface area contributed by atoms with Gasteiger partial charge in [0.05, 0.1) is 11.1 Å². The van der Waals surface area contributed by atoms with Gasteiger partial charge in [-0.2, -0.15) is 5.26 Å². The number of halogens is 1. The first-order valence-electron chi connectivity index (χ1n) is 10.4. The highest BCUT2D eigenvalue weighted by Gasteiger charge is 2.30. The number of likely N-dealkylation sites (tertiary alicyclic amines) is 1. The molecule has 0 aliphatic carbocycles. The maximum atomic E-state index is 13.9. The number of ether oxygens (including phenoxy) is 1. The molecule has 6 nitrogen and oxygen atoms in total. The van der Waals surface area contributed by atoms with Crippen LogP contribution in [0.4, 0.5) is 4.39 Å².